The molecule has 3 aromatic rings. The highest BCUT2D eigenvalue weighted by atomic mass is 32.1. The average Bonchev–Trinajstić information content (AvgIpc) is 2.96. The molecule has 0 fully saturated rings. The Hall–Kier alpha value is -2.73. The van der Waals surface area contributed by atoms with Crippen LogP contribution >= 0.6 is 11.3 Å². The number of nitrogens with one attached hydrogen (secondary N) is 1. The van der Waals surface area contributed by atoms with Gasteiger partial charge in [-0.1, -0.05) is 23.8 Å². The van der Waals surface area contributed by atoms with Gasteiger partial charge in [-0.2, -0.15) is 0 Å². The number of fused-ring (bicyclic) bond motifs is 1. The molecular formula is C22H22FNO3S. The molecule has 0 bridgehead atoms. The first kappa shape index (κ1) is 20.0. The number of halogens is 1. The zero-order chi connectivity index (χ0) is 20.6. The van der Waals surface area contributed by atoms with Crippen LogP contribution in [0, 0.1) is 33.5 Å². The van der Waals surface area contributed by atoms with E-state index in [1.54, 1.807) is 19.1 Å². The van der Waals surface area contributed by atoms with E-state index < -0.39 is 18.0 Å². The standard InChI is InChI=1S/C22H22FNO3S/c1-11-9-12(2)19(13(3)10-11)24-21(25)15(5)27-22(26)20-14(4)18-16(23)7-6-8-17(18)28-20/h6-10,15H,1-5H3,(H,24,25)/t15-/m1/s1. The minimum absolute atomic E-state index is 0.308. The lowest BCUT2D eigenvalue weighted by atomic mass is 10.0. The largest absolute Gasteiger partial charge is 0.448 e. The second kappa shape index (κ2) is 7.72. The van der Waals surface area contributed by atoms with Crippen LogP contribution in [0.3, 0.4) is 0 Å². The summed E-state index contributed by atoms with van der Waals surface area (Å²) in [7, 11) is 0. The number of carbonyl (C=O) groups is 2. The number of rotatable bonds is 4. The van der Waals surface area contributed by atoms with E-state index in [1.807, 2.05) is 32.9 Å². The lowest BCUT2D eigenvalue weighted by Gasteiger charge is -2.16. The van der Waals surface area contributed by atoms with E-state index in [4.69, 9.17) is 4.74 Å². The molecule has 4 nitrogen and oxygen atoms in total. The van der Waals surface area contributed by atoms with Gasteiger partial charge in [0.15, 0.2) is 6.10 Å². The monoisotopic (exact) mass is 399 g/mol. The molecule has 1 heterocycles. The summed E-state index contributed by atoms with van der Waals surface area (Å²) in [6, 6.07) is 8.68. The minimum Gasteiger partial charge on any atom is -0.448 e. The summed E-state index contributed by atoms with van der Waals surface area (Å²) in [5.41, 5.74) is 4.25. The Morgan fingerprint density at radius 1 is 1.11 bits per heavy atom. The Kier molecular flexibility index (Phi) is 5.52. The fourth-order valence-corrected chi connectivity index (χ4v) is 4.42. The maximum Gasteiger partial charge on any atom is 0.349 e. The Bertz CT molecular complexity index is 1060. The van der Waals surface area contributed by atoms with Crippen molar-refractivity contribution in [3.63, 3.8) is 0 Å². The van der Waals surface area contributed by atoms with E-state index in [0.29, 0.717) is 20.5 Å². The lowest BCUT2D eigenvalue weighted by molar-refractivity contribution is -0.123. The summed E-state index contributed by atoms with van der Waals surface area (Å²) >= 11 is 1.16. The van der Waals surface area contributed by atoms with Gasteiger partial charge >= 0.3 is 5.97 Å². The van der Waals surface area contributed by atoms with Crippen LogP contribution in [-0.2, 0) is 9.53 Å². The number of esters is 1. The number of thiophene rings is 1. The molecule has 28 heavy (non-hydrogen) atoms. The van der Waals surface area contributed by atoms with Gasteiger partial charge in [-0.25, -0.2) is 9.18 Å². The van der Waals surface area contributed by atoms with E-state index >= 15 is 0 Å². The van der Waals surface area contributed by atoms with E-state index in [0.717, 1.165) is 33.7 Å². The molecule has 146 valence electrons. The third-order valence-electron chi connectivity index (χ3n) is 4.67. The van der Waals surface area contributed by atoms with E-state index in [1.165, 1.54) is 13.0 Å². The van der Waals surface area contributed by atoms with Crippen LogP contribution in [0.1, 0.15) is 38.8 Å². The van der Waals surface area contributed by atoms with Crippen LogP contribution < -0.4 is 5.32 Å². The molecule has 0 aliphatic heterocycles. The number of carbonyl (C=O) groups excluding carboxylic acids is 2. The Balaban J connectivity index is 1.77. The van der Waals surface area contributed by atoms with Crippen LogP contribution in [0.2, 0.25) is 0 Å². The molecular weight excluding hydrogens is 377 g/mol. The molecule has 0 aliphatic carbocycles. The quantitative estimate of drug-likeness (QED) is 0.593. The highest BCUT2D eigenvalue weighted by molar-refractivity contribution is 7.21. The molecule has 0 unspecified atom stereocenters. The maximum atomic E-state index is 14.1. The normalized spacial score (nSPS) is 12.1. The molecule has 3 rings (SSSR count). The zero-order valence-electron chi connectivity index (χ0n) is 16.5. The zero-order valence-corrected chi connectivity index (χ0v) is 17.3. The number of anilines is 1. The number of hydrogen-bond donors (Lipinski definition) is 1. The van der Waals surface area contributed by atoms with Crippen molar-refractivity contribution < 1.29 is 18.7 Å². The van der Waals surface area contributed by atoms with Crippen molar-refractivity contribution >= 4 is 39.0 Å². The summed E-state index contributed by atoms with van der Waals surface area (Å²) in [6.45, 7) is 9.03. The average molecular weight is 399 g/mol. The van der Waals surface area contributed by atoms with Crippen molar-refractivity contribution in [3.8, 4) is 0 Å². The van der Waals surface area contributed by atoms with Gasteiger partial charge in [0.1, 0.15) is 10.7 Å². The number of aryl methyl sites for hydroxylation is 4. The first-order chi connectivity index (χ1) is 13.2. The fraction of sp³-hybridized carbons (Fsp3) is 0.273. The smallest absolute Gasteiger partial charge is 0.349 e. The van der Waals surface area contributed by atoms with Gasteiger partial charge in [0.05, 0.1) is 0 Å². The minimum atomic E-state index is -0.984. The summed E-state index contributed by atoms with van der Waals surface area (Å²) in [5, 5.41) is 3.26. The lowest BCUT2D eigenvalue weighted by Crippen LogP contribution is -2.30. The maximum absolute atomic E-state index is 14.1. The Morgan fingerprint density at radius 2 is 1.75 bits per heavy atom. The Labute approximate surface area is 167 Å². The first-order valence-electron chi connectivity index (χ1n) is 8.96. The summed E-state index contributed by atoms with van der Waals surface area (Å²) in [4.78, 5) is 25.4. The second-order valence-corrected chi connectivity index (χ2v) is 8.03. The van der Waals surface area contributed by atoms with Gasteiger partial charge in [0.25, 0.3) is 5.91 Å². The van der Waals surface area contributed by atoms with Gasteiger partial charge in [-0.15, -0.1) is 11.3 Å². The summed E-state index contributed by atoms with van der Waals surface area (Å²) < 4.78 is 20.1. The van der Waals surface area contributed by atoms with Crippen LogP contribution in [-0.4, -0.2) is 18.0 Å². The predicted molar refractivity (Wildman–Crippen MR) is 111 cm³/mol. The third kappa shape index (κ3) is 3.78. The number of ether oxygens (including phenoxy) is 1. The fourth-order valence-electron chi connectivity index (χ4n) is 3.32. The summed E-state index contributed by atoms with van der Waals surface area (Å²) in [6.07, 6.45) is -0.984. The molecule has 1 N–H and O–H groups in total. The molecule has 0 saturated heterocycles. The molecule has 6 heteroatoms. The van der Waals surface area contributed by atoms with E-state index in [2.05, 4.69) is 5.32 Å². The highest BCUT2D eigenvalue weighted by Gasteiger charge is 2.24. The number of benzene rings is 2. The number of hydrogen-bond acceptors (Lipinski definition) is 4. The SMILES string of the molecule is Cc1cc(C)c(NC(=O)[C@@H](C)OC(=O)c2sc3cccc(F)c3c2C)c(C)c1. The topological polar surface area (TPSA) is 55.4 Å². The van der Waals surface area contributed by atoms with Crippen LogP contribution in [0.4, 0.5) is 10.1 Å². The molecule has 0 aliphatic rings. The van der Waals surface area contributed by atoms with Gasteiger partial charge in [0.2, 0.25) is 0 Å². The highest BCUT2D eigenvalue weighted by Crippen LogP contribution is 2.33. The van der Waals surface area contributed by atoms with Gasteiger partial charge in [-0.05, 0) is 63.4 Å². The Morgan fingerprint density at radius 3 is 2.36 bits per heavy atom. The van der Waals surface area contributed by atoms with Gasteiger partial charge in [0, 0.05) is 15.8 Å². The van der Waals surface area contributed by atoms with Crippen molar-refractivity contribution in [3.05, 3.63) is 63.3 Å². The van der Waals surface area contributed by atoms with E-state index in [-0.39, 0.29) is 5.82 Å². The van der Waals surface area contributed by atoms with Crippen LogP contribution in [0.5, 0.6) is 0 Å². The molecule has 0 spiro atoms. The number of amides is 1. The first-order valence-corrected chi connectivity index (χ1v) is 9.78. The second-order valence-electron chi connectivity index (χ2n) is 6.98. The van der Waals surface area contributed by atoms with Gasteiger partial charge < -0.3 is 10.1 Å². The van der Waals surface area contributed by atoms with E-state index in [9.17, 15) is 14.0 Å². The van der Waals surface area contributed by atoms with Crippen molar-refractivity contribution in [2.75, 3.05) is 5.32 Å². The molecule has 0 radical (unpaired) electrons. The van der Waals surface area contributed by atoms with Crippen molar-refractivity contribution in [2.24, 2.45) is 0 Å². The predicted octanol–water partition coefficient (Wildman–Crippen LogP) is 5.46. The van der Waals surface area contributed by atoms with Crippen LogP contribution in [0.25, 0.3) is 10.1 Å². The molecule has 1 atom stereocenters. The van der Waals surface area contributed by atoms with Crippen molar-refractivity contribution in [2.45, 2.75) is 40.7 Å². The van der Waals surface area contributed by atoms with Crippen molar-refractivity contribution in [1.82, 2.24) is 0 Å². The molecule has 2 aromatic carbocycles. The summed E-state index contributed by atoms with van der Waals surface area (Å²) in [5.74, 6) is -1.41. The molecule has 1 aromatic heterocycles. The van der Waals surface area contributed by atoms with Gasteiger partial charge in [-0.3, -0.25) is 4.79 Å². The third-order valence-corrected chi connectivity index (χ3v) is 5.90. The van der Waals surface area contributed by atoms with Crippen molar-refractivity contribution in [1.29, 1.82) is 0 Å². The molecule has 0 saturated carbocycles. The van der Waals surface area contributed by atoms with Crippen LogP contribution in [0.15, 0.2) is 30.3 Å². The molecule has 1 amide bonds.